The summed E-state index contributed by atoms with van der Waals surface area (Å²) in [5, 5.41) is 13.0. The topological polar surface area (TPSA) is 79.5 Å². The Morgan fingerprint density at radius 3 is 2.62 bits per heavy atom. The van der Waals surface area contributed by atoms with E-state index in [0.717, 1.165) is 43.2 Å². The van der Waals surface area contributed by atoms with Crippen LogP contribution >= 0.6 is 11.3 Å². The van der Waals surface area contributed by atoms with Gasteiger partial charge in [-0.15, -0.1) is 11.3 Å². The number of carbonyl (C=O) groups is 1. The second-order valence-corrected chi connectivity index (χ2v) is 7.78. The minimum Gasteiger partial charge on any atom is -0.383 e. The Hall–Kier alpha value is -0.980. The predicted molar refractivity (Wildman–Crippen MR) is 84.0 cm³/mol. The van der Waals surface area contributed by atoms with Crippen LogP contribution in [0.4, 0.5) is 0 Å². The molecule has 0 spiro atoms. The number of nitrogens with two attached hydrogens (primary N) is 1. The van der Waals surface area contributed by atoms with Crippen molar-refractivity contribution < 1.29 is 9.90 Å². The third-order valence-electron chi connectivity index (χ3n) is 4.05. The van der Waals surface area contributed by atoms with Crippen molar-refractivity contribution in [3.63, 3.8) is 0 Å². The Morgan fingerprint density at radius 2 is 2.14 bits per heavy atom. The number of hydrogen-bond acceptors (Lipinski definition) is 5. The lowest BCUT2D eigenvalue weighted by molar-refractivity contribution is -0.129. The number of aliphatic hydroxyl groups excluding tert-OH is 1. The van der Waals surface area contributed by atoms with Gasteiger partial charge in [-0.05, 0) is 31.8 Å². The number of rotatable bonds is 4. The average molecular weight is 311 g/mol. The molecular weight excluding hydrogens is 286 g/mol. The first kappa shape index (κ1) is 16.4. The zero-order chi connectivity index (χ0) is 15.6. The van der Waals surface area contributed by atoms with Crippen molar-refractivity contribution in [2.24, 2.45) is 11.7 Å². The van der Waals surface area contributed by atoms with E-state index >= 15 is 0 Å². The Labute approximate surface area is 130 Å². The molecule has 5 nitrogen and oxygen atoms in total. The highest BCUT2D eigenvalue weighted by atomic mass is 32.1. The van der Waals surface area contributed by atoms with Gasteiger partial charge in [0.2, 0.25) is 5.91 Å². The molecule has 3 N–H and O–H groups in total. The zero-order valence-corrected chi connectivity index (χ0v) is 13.8. The highest BCUT2D eigenvalue weighted by Gasteiger charge is 2.28. The van der Waals surface area contributed by atoms with E-state index in [2.05, 4.69) is 31.1 Å². The van der Waals surface area contributed by atoms with Gasteiger partial charge in [-0.1, -0.05) is 20.8 Å². The summed E-state index contributed by atoms with van der Waals surface area (Å²) in [6, 6.07) is 0. The fourth-order valence-corrected chi connectivity index (χ4v) is 3.64. The zero-order valence-electron chi connectivity index (χ0n) is 13.0. The van der Waals surface area contributed by atoms with Crippen LogP contribution in [-0.4, -0.2) is 40.1 Å². The molecule has 0 bridgehead atoms. The molecular formula is C15H25N3O2S. The highest BCUT2D eigenvalue weighted by Crippen LogP contribution is 2.26. The van der Waals surface area contributed by atoms with E-state index < -0.39 is 12.0 Å². The minimum atomic E-state index is -1.00. The monoisotopic (exact) mass is 311 g/mol. The van der Waals surface area contributed by atoms with E-state index in [1.165, 1.54) is 0 Å². The van der Waals surface area contributed by atoms with Gasteiger partial charge in [0, 0.05) is 10.8 Å². The molecule has 1 unspecified atom stereocenters. The predicted octanol–water partition coefficient (Wildman–Crippen LogP) is 1.50. The minimum absolute atomic E-state index is 0.000168. The van der Waals surface area contributed by atoms with E-state index in [4.69, 9.17) is 10.7 Å². The first-order chi connectivity index (χ1) is 9.77. The SMILES string of the molecule is CC(C)(C)c1csc(CN2CCC(C(O)C(N)=O)CC2)n1. The normalized spacial score (nSPS) is 19.6. The molecule has 0 saturated carbocycles. The Bertz CT molecular complexity index is 487. The van der Waals surface area contributed by atoms with Crippen LogP contribution in [0.1, 0.15) is 44.3 Å². The molecule has 1 saturated heterocycles. The van der Waals surface area contributed by atoms with Crippen molar-refractivity contribution in [1.29, 1.82) is 0 Å². The van der Waals surface area contributed by atoms with Gasteiger partial charge in [0.1, 0.15) is 11.1 Å². The fourth-order valence-electron chi connectivity index (χ4n) is 2.58. The van der Waals surface area contributed by atoms with Crippen LogP contribution in [0.5, 0.6) is 0 Å². The smallest absolute Gasteiger partial charge is 0.246 e. The molecule has 118 valence electrons. The summed E-state index contributed by atoms with van der Waals surface area (Å²) in [5.41, 5.74) is 6.39. The van der Waals surface area contributed by atoms with Gasteiger partial charge in [-0.3, -0.25) is 9.69 Å². The molecule has 1 amide bonds. The number of likely N-dealkylation sites (tertiary alicyclic amines) is 1. The number of thiazole rings is 1. The maximum absolute atomic E-state index is 11.0. The third kappa shape index (κ3) is 4.25. The number of carbonyl (C=O) groups excluding carboxylic acids is 1. The average Bonchev–Trinajstić information content (AvgIpc) is 2.87. The second-order valence-electron chi connectivity index (χ2n) is 6.84. The number of primary amides is 1. The maximum Gasteiger partial charge on any atom is 0.246 e. The third-order valence-corrected chi connectivity index (χ3v) is 4.88. The van der Waals surface area contributed by atoms with Crippen LogP contribution in [0.15, 0.2) is 5.38 Å². The lowest BCUT2D eigenvalue weighted by Gasteiger charge is -2.32. The Morgan fingerprint density at radius 1 is 1.52 bits per heavy atom. The van der Waals surface area contributed by atoms with Crippen LogP contribution in [0.25, 0.3) is 0 Å². The van der Waals surface area contributed by atoms with Crippen molar-refractivity contribution in [2.75, 3.05) is 13.1 Å². The fraction of sp³-hybridized carbons (Fsp3) is 0.733. The summed E-state index contributed by atoms with van der Waals surface area (Å²) in [7, 11) is 0. The van der Waals surface area contributed by atoms with E-state index in [1.807, 2.05) is 0 Å². The number of amides is 1. The van der Waals surface area contributed by atoms with Crippen LogP contribution in [-0.2, 0) is 16.8 Å². The van der Waals surface area contributed by atoms with Crippen LogP contribution in [0, 0.1) is 5.92 Å². The molecule has 6 heteroatoms. The van der Waals surface area contributed by atoms with Crippen LogP contribution in [0.3, 0.4) is 0 Å². The highest BCUT2D eigenvalue weighted by molar-refractivity contribution is 7.09. The Kier molecular flexibility index (Phi) is 5.01. The molecule has 1 aromatic heterocycles. The molecule has 1 aliphatic heterocycles. The van der Waals surface area contributed by atoms with Gasteiger partial charge in [-0.2, -0.15) is 0 Å². The first-order valence-electron chi connectivity index (χ1n) is 7.42. The lowest BCUT2D eigenvalue weighted by atomic mass is 9.91. The molecule has 2 heterocycles. The summed E-state index contributed by atoms with van der Waals surface area (Å²) < 4.78 is 0. The molecule has 1 atom stereocenters. The van der Waals surface area contributed by atoms with Crippen LogP contribution < -0.4 is 5.73 Å². The number of piperidine rings is 1. The molecule has 1 aromatic rings. The quantitative estimate of drug-likeness (QED) is 0.883. The molecule has 0 aliphatic carbocycles. The Balaban J connectivity index is 1.86. The standard InChI is InChI=1S/C15H25N3O2S/c1-15(2,3)11-9-21-12(17-11)8-18-6-4-10(5-7-18)13(19)14(16)20/h9-10,13,19H,4-8H2,1-3H3,(H2,16,20). The summed E-state index contributed by atoms with van der Waals surface area (Å²) in [6.07, 6.45) is 0.614. The second kappa shape index (κ2) is 6.42. The molecule has 1 aliphatic rings. The van der Waals surface area contributed by atoms with E-state index in [9.17, 15) is 9.90 Å². The molecule has 0 radical (unpaired) electrons. The van der Waals surface area contributed by atoms with Crippen molar-refractivity contribution in [2.45, 2.75) is 51.7 Å². The van der Waals surface area contributed by atoms with Gasteiger partial charge < -0.3 is 10.8 Å². The van der Waals surface area contributed by atoms with Gasteiger partial charge >= 0.3 is 0 Å². The maximum atomic E-state index is 11.0. The van der Waals surface area contributed by atoms with Gasteiger partial charge in [0.25, 0.3) is 0 Å². The summed E-state index contributed by atoms with van der Waals surface area (Å²) >= 11 is 1.71. The molecule has 21 heavy (non-hydrogen) atoms. The number of aromatic nitrogens is 1. The molecule has 2 rings (SSSR count). The van der Waals surface area contributed by atoms with Crippen molar-refractivity contribution in [1.82, 2.24) is 9.88 Å². The number of hydrogen-bond donors (Lipinski definition) is 2. The van der Waals surface area contributed by atoms with Crippen molar-refractivity contribution in [3.8, 4) is 0 Å². The molecule has 1 fully saturated rings. The van der Waals surface area contributed by atoms with E-state index in [0.29, 0.717) is 0 Å². The van der Waals surface area contributed by atoms with Crippen LogP contribution in [0.2, 0.25) is 0 Å². The first-order valence-corrected chi connectivity index (χ1v) is 8.30. The van der Waals surface area contributed by atoms with E-state index in [1.54, 1.807) is 11.3 Å². The largest absolute Gasteiger partial charge is 0.383 e. The summed E-state index contributed by atoms with van der Waals surface area (Å²) in [5.74, 6) is -0.608. The number of aliphatic hydroxyl groups is 1. The molecule has 0 aromatic carbocycles. The van der Waals surface area contributed by atoms with Gasteiger partial charge in [-0.25, -0.2) is 4.98 Å². The number of nitrogens with zero attached hydrogens (tertiary/aromatic N) is 2. The van der Waals surface area contributed by atoms with Gasteiger partial charge in [0.05, 0.1) is 12.2 Å². The van der Waals surface area contributed by atoms with Gasteiger partial charge in [0.15, 0.2) is 0 Å². The van der Waals surface area contributed by atoms with Crippen molar-refractivity contribution >= 4 is 17.2 Å². The van der Waals surface area contributed by atoms with Crippen molar-refractivity contribution in [3.05, 3.63) is 16.1 Å². The summed E-state index contributed by atoms with van der Waals surface area (Å²) in [6.45, 7) is 9.10. The summed E-state index contributed by atoms with van der Waals surface area (Å²) in [4.78, 5) is 18.1. The lowest BCUT2D eigenvalue weighted by Crippen LogP contribution is -2.42. The van der Waals surface area contributed by atoms with E-state index in [-0.39, 0.29) is 11.3 Å².